The number of benzene rings is 1. The SMILES string of the molecule is COc1cc(NC(=O)CSCc2cc(=O)n3cc(C)ccc3n2)c(OC)cc1Cl. The fraction of sp³-hybridized carbons (Fsp3) is 0.250. The molecule has 7 nitrogen and oxygen atoms in total. The molecule has 29 heavy (non-hydrogen) atoms. The highest BCUT2D eigenvalue weighted by Crippen LogP contribution is 2.35. The third kappa shape index (κ3) is 5.02. The maximum Gasteiger partial charge on any atom is 0.258 e. The summed E-state index contributed by atoms with van der Waals surface area (Å²) in [7, 11) is 2.99. The van der Waals surface area contributed by atoms with Gasteiger partial charge in [0.15, 0.2) is 0 Å². The van der Waals surface area contributed by atoms with E-state index in [9.17, 15) is 9.59 Å². The molecule has 0 atom stereocenters. The number of hydrogen-bond donors (Lipinski definition) is 1. The van der Waals surface area contributed by atoms with E-state index < -0.39 is 0 Å². The van der Waals surface area contributed by atoms with Gasteiger partial charge in [-0.15, -0.1) is 11.8 Å². The Morgan fingerprint density at radius 1 is 1.21 bits per heavy atom. The van der Waals surface area contributed by atoms with E-state index >= 15 is 0 Å². The van der Waals surface area contributed by atoms with Crippen LogP contribution in [0.2, 0.25) is 5.02 Å². The number of nitrogens with one attached hydrogen (secondary N) is 1. The van der Waals surface area contributed by atoms with Crippen molar-refractivity contribution in [3.8, 4) is 11.5 Å². The average Bonchev–Trinajstić information content (AvgIpc) is 2.69. The van der Waals surface area contributed by atoms with Crippen LogP contribution in [0.4, 0.5) is 5.69 Å². The minimum atomic E-state index is -0.217. The molecule has 1 amide bonds. The van der Waals surface area contributed by atoms with Gasteiger partial charge in [0, 0.05) is 30.1 Å². The van der Waals surface area contributed by atoms with Crippen molar-refractivity contribution in [3.63, 3.8) is 0 Å². The minimum Gasteiger partial charge on any atom is -0.495 e. The van der Waals surface area contributed by atoms with E-state index in [1.165, 1.54) is 36.4 Å². The summed E-state index contributed by atoms with van der Waals surface area (Å²) in [5, 5.41) is 3.18. The first-order chi connectivity index (χ1) is 13.9. The number of amides is 1. The Kier molecular flexibility index (Phi) is 6.66. The number of thioether (sulfide) groups is 1. The number of carbonyl (C=O) groups is 1. The number of fused-ring (bicyclic) bond motifs is 1. The van der Waals surface area contributed by atoms with Crippen LogP contribution in [-0.4, -0.2) is 35.3 Å². The number of rotatable bonds is 7. The predicted octanol–water partition coefficient (Wildman–Crippen LogP) is 3.55. The van der Waals surface area contributed by atoms with Crippen molar-refractivity contribution >= 4 is 40.6 Å². The van der Waals surface area contributed by atoms with Crippen molar-refractivity contribution in [2.75, 3.05) is 25.3 Å². The first kappa shape index (κ1) is 21.0. The highest BCUT2D eigenvalue weighted by Gasteiger charge is 2.13. The molecule has 0 aliphatic rings. The van der Waals surface area contributed by atoms with Crippen LogP contribution in [0.3, 0.4) is 0 Å². The van der Waals surface area contributed by atoms with E-state index in [0.29, 0.717) is 39.3 Å². The number of hydrogen-bond acceptors (Lipinski definition) is 6. The van der Waals surface area contributed by atoms with Crippen molar-refractivity contribution in [2.45, 2.75) is 12.7 Å². The van der Waals surface area contributed by atoms with Gasteiger partial charge in [-0.2, -0.15) is 0 Å². The summed E-state index contributed by atoms with van der Waals surface area (Å²) in [5.74, 6) is 1.28. The van der Waals surface area contributed by atoms with Crippen molar-refractivity contribution in [2.24, 2.45) is 0 Å². The molecule has 152 valence electrons. The lowest BCUT2D eigenvalue weighted by molar-refractivity contribution is -0.113. The van der Waals surface area contributed by atoms with E-state index in [1.54, 1.807) is 24.4 Å². The summed E-state index contributed by atoms with van der Waals surface area (Å²) < 4.78 is 11.9. The second-order valence-electron chi connectivity index (χ2n) is 6.25. The monoisotopic (exact) mass is 433 g/mol. The van der Waals surface area contributed by atoms with Crippen molar-refractivity contribution < 1.29 is 14.3 Å². The number of carbonyl (C=O) groups excluding carboxylic acids is 1. The Labute approximate surface area is 177 Å². The molecule has 0 bridgehead atoms. The van der Waals surface area contributed by atoms with E-state index in [2.05, 4.69) is 10.3 Å². The van der Waals surface area contributed by atoms with E-state index in [0.717, 1.165) is 5.56 Å². The van der Waals surface area contributed by atoms with Crippen molar-refractivity contribution in [1.29, 1.82) is 0 Å². The molecule has 9 heteroatoms. The zero-order chi connectivity index (χ0) is 21.0. The summed E-state index contributed by atoms with van der Waals surface area (Å²) in [6, 6.07) is 8.39. The summed E-state index contributed by atoms with van der Waals surface area (Å²) >= 11 is 7.43. The highest BCUT2D eigenvalue weighted by molar-refractivity contribution is 7.99. The quantitative estimate of drug-likeness (QED) is 0.613. The van der Waals surface area contributed by atoms with Crippen molar-refractivity contribution in [3.05, 3.63) is 63.2 Å². The zero-order valence-electron chi connectivity index (χ0n) is 16.2. The Hall–Kier alpha value is -2.71. The van der Waals surface area contributed by atoms with E-state index in [-0.39, 0.29) is 17.2 Å². The van der Waals surface area contributed by atoms with Crippen LogP contribution in [0.15, 0.2) is 41.3 Å². The summed E-state index contributed by atoms with van der Waals surface area (Å²) in [5.41, 5.74) is 2.52. The Morgan fingerprint density at radius 3 is 2.69 bits per heavy atom. The highest BCUT2D eigenvalue weighted by atomic mass is 35.5. The molecule has 2 heterocycles. The standard InChI is InChI=1S/C20H20ClN3O4S/c1-12-4-5-18-22-13(6-20(26)24(18)9-12)10-29-11-19(25)23-15-8-16(27-2)14(21)7-17(15)28-3/h4-9H,10-11H2,1-3H3,(H,23,25). The molecule has 1 aromatic carbocycles. The third-order valence-corrected chi connectivity index (χ3v) is 5.35. The number of aryl methyl sites for hydroxylation is 1. The van der Waals surface area contributed by atoms with E-state index in [1.807, 2.05) is 13.0 Å². The lowest BCUT2D eigenvalue weighted by Gasteiger charge is -2.13. The first-order valence-electron chi connectivity index (χ1n) is 8.69. The molecule has 0 saturated carbocycles. The maximum atomic E-state index is 12.3. The summed E-state index contributed by atoms with van der Waals surface area (Å²) in [6.45, 7) is 1.92. The largest absolute Gasteiger partial charge is 0.495 e. The van der Waals surface area contributed by atoms with Crippen LogP contribution >= 0.6 is 23.4 Å². The van der Waals surface area contributed by atoms with Crippen LogP contribution < -0.4 is 20.3 Å². The molecular weight excluding hydrogens is 414 g/mol. The van der Waals surface area contributed by atoms with Crippen LogP contribution in [0.1, 0.15) is 11.3 Å². The van der Waals surface area contributed by atoms with Gasteiger partial charge < -0.3 is 14.8 Å². The molecule has 3 rings (SSSR count). The van der Waals surface area contributed by atoms with Gasteiger partial charge in [-0.05, 0) is 18.6 Å². The average molecular weight is 434 g/mol. The topological polar surface area (TPSA) is 81.9 Å². The fourth-order valence-corrected chi connectivity index (χ4v) is 3.67. The lowest BCUT2D eigenvalue weighted by atomic mass is 10.2. The van der Waals surface area contributed by atoms with Gasteiger partial charge in [-0.25, -0.2) is 4.98 Å². The number of ether oxygens (including phenoxy) is 2. The second kappa shape index (κ2) is 9.19. The molecule has 3 aromatic rings. The number of anilines is 1. The van der Waals surface area contributed by atoms with Gasteiger partial charge in [-0.3, -0.25) is 14.0 Å². The lowest BCUT2D eigenvalue weighted by Crippen LogP contribution is -2.17. The maximum absolute atomic E-state index is 12.3. The van der Waals surface area contributed by atoms with Gasteiger partial charge in [0.25, 0.3) is 5.56 Å². The normalized spacial score (nSPS) is 10.8. The van der Waals surface area contributed by atoms with Crippen LogP contribution in [0, 0.1) is 6.92 Å². The predicted molar refractivity (Wildman–Crippen MR) is 116 cm³/mol. The van der Waals surface area contributed by atoms with Gasteiger partial charge in [-0.1, -0.05) is 17.7 Å². The molecule has 0 radical (unpaired) electrons. The van der Waals surface area contributed by atoms with E-state index in [4.69, 9.17) is 21.1 Å². The molecule has 0 spiro atoms. The zero-order valence-corrected chi connectivity index (χ0v) is 17.8. The Morgan fingerprint density at radius 2 is 1.97 bits per heavy atom. The molecule has 0 aliphatic heterocycles. The van der Waals surface area contributed by atoms with Crippen LogP contribution in [0.5, 0.6) is 11.5 Å². The minimum absolute atomic E-state index is 0.142. The van der Waals surface area contributed by atoms with Gasteiger partial charge in [0.1, 0.15) is 17.1 Å². The molecule has 0 unspecified atom stereocenters. The van der Waals surface area contributed by atoms with Crippen molar-refractivity contribution in [1.82, 2.24) is 9.38 Å². The number of nitrogens with zero attached hydrogens (tertiary/aromatic N) is 2. The van der Waals surface area contributed by atoms with Gasteiger partial charge >= 0.3 is 0 Å². The Balaban J connectivity index is 1.64. The van der Waals surface area contributed by atoms with Crippen LogP contribution in [0.25, 0.3) is 5.65 Å². The second-order valence-corrected chi connectivity index (χ2v) is 7.64. The van der Waals surface area contributed by atoms with Crippen LogP contribution in [-0.2, 0) is 10.5 Å². The third-order valence-electron chi connectivity index (χ3n) is 4.09. The molecule has 0 saturated heterocycles. The molecular formula is C20H20ClN3O4S. The molecule has 0 aliphatic carbocycles. The van der Waals surface area contributed by atoms with Gasteiger partial charge in [0.05, 0.1) is 36.4 Å². The molecule has 1 N–H and O–H groups in total. The fourth-order valence-electron chi connectivity index (χ4n) is 2.72. The smallest absolute Gasteiger partial charge is 0.258 e. The summed E-state index contributed by atoms with van der Waals surface area (Å²) in [6.07, 6.45) is 1.75. The summed E-state index contributed by atoms with van der Waals surface area (Å²) in [4.78, 5) is 29.0. The number of halogens is 1. The number of aromatic nitrogens is 2. The molecule has 2 aromatic heterocycles. The van der Waals surface area contributed by atoms with Gasteiger partial charge in [0.2, 0.25) is 5.91 Å². The Bertz CT molecular complexity index is 1120. The first-order valence-corrected chi connectivity index (χ1v) is 10.2. The molecule has 0 fully saturated rings. The number of methoxy groups -OCH3 is 2. The number of pyridine rings is 1.